The summed E-state index contributed by atoms with van der Waals surface area (Å²) in [4.78, 5) is 48.4. The van der Waals surface area contributed by atoms with Crippen LogP contribution in [0.2, 0.25) is 0 Å². The average Bonchev–Trinajstić information content (AvgIpc) is 3.89. The molecule has 0 spiro atoms. The number of methoxy groups -OCH3 is 6. The van der Waals surface area contributed by atoms with Crippen LogP contribution in [0.1, 0.15) is 9.75 Å². The topological polar surface area (TPSA) is 211 Å². The van der Waals surface area contributed by atoms with Gasteiger partial charge in [0, 0.05) is 83.1 Å². The van der Waals surface area contributed by atoms with Crippen molar-refractivity contribution in [3.05, 3.63) is 82.6 Å². The van der Waals surface area contributed by atoms with Crippen molar-refractivity contribution in [3.63, 3.8) is 0 Å². The van der Waals surface area contributed by atoms with Gasteiger partial charge in [0.15, 0.2) is 23.0 Å². The van der Waals surface area contributed by atoms with E-state index in [2.05, 4.69) is 34.1 Å². The van der Waals surface area contributed by atoms with Crippen LogP contribution in [0, 0.1) is 0 Å². The molecule has 1 aliphatic heterocycles. The molecule has 2 aromatic heterocycles. The number of hydrogen-bond donors (Lipinski definition) is 4. The summed E-state index contributed by atoms with van der Waals surface area (Å²) in [5, 5.41) is 31.2. The molecule has 1 saturated heterocycles. The number of piperazine rings is 1. The maximum atomic E-state index is 9.55. The first-order valence-electron chi connectivity index (χ1n) is 17.3. The van der Waals surface area contributed by atoms with Crippen molar-refractivity contribution in [2.75, 3.05) is 68.8 Å². The number of thiophene rings is 2. The van der Waals surface area contributed by atoms with E-state index in [-0.39, 0.29) is 0 Å². The lowest BCUT2D eigenvalue weighted by Gasteiger charge is -2.34. The van der Waals surface area contributed by atoms with Gasteiger partial charge in [-0.25, -0.2) is 19.2 Å². The molecule has 5 rings (SSSR count). The van der Waals surface area contributed by atoms with Crippen molar-refractivity contribution in [1.29, 1.82) is 0 Å². The lowest BCUT2D eigenvalue weighted by Crippen LogP contribution is -2.45. The van der Waals surface area contributed by atoms with Crippen molar-refractivity contribution < 1.29 is 68.0 Å². The molecule has 0 saturated carbocycles. The van der Waals surface area contributed by atoms with Gasteiger partial charge in [-0.3, -0.25) is 9.80 Å². The highest BCUT2D eigenvalue weighted by molar-refractivity contribution is 7.15. The van der Waals surface area contributed by atoms with Crippen LogP contribution in [-0.2, 0) is 32.3 Å². The molecule has 1 fully saturated rings. The van der Waals surface area contributed by atoms with E-state index in [4.69, 9.17) is 48.8 Å². The summed E-state index contributed by atoms with van der Waals surface area (Å²) >= 11 is 3.62. The smallest absolute Gasteiger partial charge is 0.328 e. The monoisotopic (exact) mass is 842 g/mol. The number of ether oxygens (including phenoxy) is 6. The Kier molecular flexibility index (Phi) is 18.5. The Morgan fingerprint density at radius 3 is 1.00 bits per heavy atom. The lowest BCUT2D eigenvalue weighted by atomic mass is 10.1. The highest BCUT2D eigenvalue weighted by atomic mass is 32.1. The fourth-order valence-corrected chi connectivity index (χ4v) is 7.59. The zero-order chi connectivity index (χ0) is 42.8. The molecule has 1 aliphatic rings. The van der Waals surface area contributed by atoms with E-state index in [1.54, 1.807) is 42.7 Å². The third-order valence-corrected chi connectivity index (χ3v) is 10.4. The molecular formula is C40H46N2O14S2. The Hall–Kier alpha value is -6.08. The first-order chi connectivity index (χ1) is 27.7. The SMILES string of the molecule is COc1cc(-c2ccc(CN3CCN(Cc4ccc(-c5cc(OC)c(OC)c(OC)c5)s4)CC3)s2)cc(OC)c1OC.O=C(O)/C=C\C(=O)O.O=C(O)/C=C\C(=O)O. The van der Waals surface area contributed by atoms with Crippen molar-refractivity contribution in [2.24, 2.45) is 0 Å². The van der Waals surface area contributed by atoms with Crippen molar-refractivity contribution >= 4 is 46.6 Å². The molecule has 16 nitrogen and oxygen atoms in total. The summed E-state index contributed by atoms with van der Waals surface area (Å²) in [6, 6.07) is 16.8. The van der Waals surface area contributed by atoms with Crippen LogP contribution in [0.5, 0.6) is 34.5 Å². The predicted octanol–water partition coefficient (Wildman–Crippen LogP) is 5.94. The standard InChI is InChI=1S/C32H38N2O6S2.2C4H4O4/c1-35-25-15-21(16-26(36-2)31(25)39-5)29-9-7-23(41-29)19-33-11-13-34(14-12-33)20-24-8-10-30(42-24)22-17-27(37-3)32(40-6)28(18-22)38-4;2*5-3(6)1-2-4(7)8/h7-10,15-18H,11-14,19-20H2,1-6H3;2*1-2H,(H,5,6)(H,7,8)/b;2*2-1-. The maximum Gasteiger partial charge on any atom is 0.328 e. The first-order valence-corrected chi connectivity index (χ1v) is 18.9. The van der Waals surface area contributed by atoms with E-state index in [0.717, 1.165) is 50.4 Å². The van der Waals surface area contributed by atoms with Gasteiger partial charge in [0.25, 0.3) is 0 Å². The van der Waals surface area contributed by atoms with Gasteiger partial charge in [-0.15, -0.1) is 22.7 Å². The van der Waals surface area contributed by atoms with Crippen molar-refractivity contribution in [2.45, 2.75) is 13.1 Å². The van der Waals surface area contributed by atoms with Crippen LogP contribution >= 0.6 is 22.7 Å². The van der Waals surface area contributed by atoms with E-state index in [9.17, 15) is 19.2 Å². The van der Waals surface area contributed by atoms with Gasteiger partial charge in [-0.2, -0.15) is 0 Å². The molecule has 3 heterocycles. The van der Waals surface area contributed by atoms with Gasteiger partial charge in [-0.1, -0.05) is 0 Å². The van der Waals surface area contributed by atoms with Crippen LogP contribution in [0.25, 0.3) is 20.9 Å². The zero-order valence-corrected chi connectivity index (χ0v) is 34.4. The molecule has 0 radical (unpaired) electrons. The van der Waals surface area contributed by atoms with Crippen molar-refractivity contribution in [1.82, 2.24) is 9.80 Å². The Labute approximate surface area is 343 Å². The summed E-state index contributed by atoms with van der Waals surface area (Å²) in [5.41, 5.74) is 2.12. The highest BCUT2D eigenvalue weighted by Gasteiger charge is 2.21. The molecular weight excluding hydrogens is 797 g/mol. The second kappa shape index (κ2) is 23.2. The molecule has 18 heteroatoms. The van der Waals surface area contributed by atoms with E-state index in [1.165, 1.54) is 19.5 Å². The molecule has 4 N–H and O–H groups in total. The number of aliphatic carboxylic acids is 4. The third kappa shape index (κ3) is 14.1. The van der Waals surface area contributed by atoms with Gasteiger partial charge >= 0.3 is 23.9 Å². The fraction of sp³-hybridized carbons (Fsp3) is 0.300. The van der Waals surface area contributed by atoms with E-state index in [1.807, 2.05) is 46.9 Å². The van der Waals surface area contributed by atoms with Gasteiger partial charge in [-0.05, 0) is 59.7 Å². The van der Waals surface area contributed by atoms with Gasteiger partial charge in [0.05, 0.1) is 42.7 Å². The summed E-state index contributed by atoms with van der Waals surface area (Å²) < 4.78 is 33.1. The molecule has 0 atom stereocenters. The van der Waals surface area contributed by atoms with Crippen LogP contribution in [-0.4, -0.2) is 123 Å². The third-order valence-electron chi connectivity index (χ3n) is 8.18. The average molecular weight is 843 g/mol. The van der Waals surface area contributed by atoms with Crippen LogP contribution < -0.4 is 28.4 Å². The van der Waals surface area contributed by atoms with Gasteiger partial charge in [0.1, 0.15) is 0 Å². The van der Waals surface area contributed by atoms with Gasteiger partial charge < -0.3 is 48.8 Å². The summed E-state index contributed by atoms with van der Waals surface area (Å²) in [5.74, 6) is -1.15. The Morgan fingerprint density at radius 2 is 0.776 bits per heavy atom. The Morgan fingerprint density at radius 1 is 0.500 bits per heavy atom. The van der Waals surface area contributed by atoms with Crippen LogP contribution in [0.3, 0.4) is 0 Å². The first kappa shape index (κ1) is 46.3. The number of carbonyl (C=O) groups is 4. The van der Waals surface area contributed by atoms with Gasteiger partial charge in [0.2, 0.25) is 11.5 Å². The van der Waals surface area contributed by atoms with Crippen molar-refractivity contribution in [3.8, 4) is 55.4 Å². The lowest BCUT2D eigenvalue weighted by molar-refractivity contribution is -0.134. The number of carboxylic acid groups (broad SMARTS) is 4. The van der Waals surface area contributed by atoms with E-state index in [0.29, 0.717) is 58.8 Å². The minimum absolute atomic E-state index is 0.558. The molecule has 58 heavy (non-hydrogen) atoms. The number of nitrogens with zero attached hydrogens (tertiary/aromatic N) is 2. The van der Waals surface area contributed by atoms with Crippen LogP contribution in [0.15, 0.2) is 72.8 Å². The summed E-state index contributed by atoms with van der Waals surface area (Å²) in [7, 11) is 9.83. The zero-order valence-electron chi connectivity index (χ0n) is 32.8. The maximum absolute atomic E-state index is 9.55. The summed E-state index contributed by atoms with van der Waals surface area (Å²) in [6.45, 7) is 6.08. The fourth-order valence-electron chi connectivity index (χ4n) is 5.51. The second-order valence-electron chi connectivity index (χ2n) is 11.9. The Bertz CT molecular complexity index is 1840. The minimum Gasteiger partial charge on any atom is -0.493 e. The molecule has 0 bridgehead atoms. The molecule has 0 amide bonds. The second-order valence-corrected chi connectivity index (χ2v) is 14.3. The largest absolute Gasteiger partial charge is 0.493 e. The predicted molar refractivity (Wildman–Crippen MR) is 218 cm³/mol. The highest BCUT2D eigenvalue weighted by Crippen LogP contribution is 2.44. The van der Waals surface area contributed by atoms with Crippen LogP contribution in [0.4, 0.5) is 0 Å². The normalized spacial score (nSPS) is 12.8. The quantitative estimate of drug-likeness (QED) is 0.0962. The molecule has 4 aromatic rings. The molecule has 0 unspecified atom stereocenters. The summed E-state index contributed by atoms with van der Waals surface area (Å²) in [6.07, 6.45) is 2.23. The number of benzene rings is 2. The number of hydrogen-bond acceptors (Lipinski definition) is 14. The molecule has 2 aromatic carbocycles. The molecule has 0 aliphatic carbocycles. The number of carboxylic acids is 4. The molecule has 312 valence electrons. The minimum atomic E-state index is -1.26. The Balaban J connectivity index is 0.000000473. The number of rotatable bonds is 16. The van der Waals surface area contributed by atoms with E-state index >= 15 is 0 Å². The van der Waals surface area contributed by atoms with E-state index < -0.39 is 23.9 Å².